The lowest BCUT2D eigenvalue weighted by Crippen LogP contribution is -3.13. The Bertz CT molecular complexity index is 1180. The smallest absolute Gasteiger partial charge is 0.234 e. The van der Waals surface area contributed by atoms with Gasteiger partial charge >= 0.3 is 0 Å². The summed E-state index contributed by atoms with van der Waals surface area (Å²) in [6, 6.07) is 6.50. The summed E-state index contributed by atoms with van der Waals surface area (Å²) in [5.41, 5.74) is 3.97. The van der Waals surface area contributed by atoms with Crippen molar-refractivity contribution in [2.24, 2.45) is 4.99 Å². The van der Waals surface area contributed by atoms with Crippen molar-refractivity contribution in [1.29, 1.82) is 0 Å². The third-order valence-electron chi connectivity index (χ3n) is 5.10. The Hall–Kier alpha value is -3.59. The molecular weight excluding hydrogens is 371 g/mol. The van der Waals surface area contributed by atoms with E-state index in [9.17, 15) is 4.39 Å². The van der Waals surface area contributed by atoms with Gasteiger partial charge in [-0.3, -0.25) is 0 Å². The van der Waals surface area contributed by atoms with E-state index in [0.29, 0.717) is 11.5 Å². The number of aromatic amines is 1. The van der Waals surface area contributed by atoms with Gasteiger partial charge in [0.1, 0.15) is 23.4 Å². The fourth-order valence-corrected chi connectivity index (χ4v) is 3.76. The number of aromatic nitrogens is 4. The average Bonchev–Trinajstić information content (AvgIpc) is 3.33. The zero-order valence-corrected chi connectivity index (χ0v) is 16.0. The van der Waals surface area contributed by atoms with Gasteiger partial charge < -0.3 is 15.2 Å². The number of H-pyrrole nitrogens is 1. The number of amidine groups is 1. The highest BCUT2D eigenvalue weighted by Crippen LogP contribution is 2.25. The number of imidazole rings is 1. The summed E-state index contributed by atoms with van der Waals surface area (Å²) in [5, 5.41) is 3.42. The number of nitrogens with one attached hydrogen (secondary N) is 3. The van der Waals surface area contributed by atoms with Crippen LogP contribution in [0, 0.1) is 5.82 Å². The summed E-state index contributed by atoms with van der Waals surface area (Å²) in [6.07, 6.45) is 7.07. The normalized spacial score (nSPS) is 19.5. The predicted octanol–water partition coefficient (Wildman–Crippen LogP) is 1.37. The van der Waals surface area contributed by atoms with E-state index < -0.39 is 0 Å². The maximum absolute atomic E-state index is 14.0. The van der Waals surface area contributed by atoms with Crippen molar-refractivity contribution in [3.05, 3.63) is 66.3 Å². The lowest BCUT2D eigenvalue weighted by Gasteiger charge is -2.26. The lowest BCUT2D eigenvalue weighted by molar-refractivity contribution is -0.735. The molecule has 2 unspecified atom stereocenters. The van der Waals surface area contributed by atoms with Crippen molar-refractivity contribution in [2.75, 3.05) is 19.0 Å². The summed E-state index contributed by atoms with van der Waals surface area (Å²) >= 11 is 0. The van der Waals surface area contributed by atoms with Gasteiger partial charge in [-0.05, 0) is 25.1 Å². The van der Waals surface area contributed by atoms with Crippen LogP contribution in [0.15, 0.2) is 59.9 Å². The molecule has 0 bridgehead atoms. The average molecular weight is 391 g/mol. The Kier molecular flexibility index (Phi) is 4.09. The van der Waals surface area contributed by atoms with Crippen LogP contribution >= 0.6 is 0 Å². The maximum Gasteiger partial charge on any atom is 0.234 e. The topological polar surface area (TPSA) is 86.5 Å². The number of halogens is 1. The van der Waals surface area contributed by atoms with E-state index in [2.05, 4.69) is 30.2 Å². The van der Waals surface area contributed by atoms with Gasteiger partial charge in [-0.25, -0.2) is 24.2 Å². The van der Waals surface area contributed by atoms with E-state index in [1.807, 2.05) is 32.3 Å². The van der Waals surface area contributed by atoms with Gasteiger partial charge in [0.05, 0.1) is 12.4 Å². The quantitative estimate of drug-likeness (QED) is 0.626. The fourth-order valence-electron chi connectivity index (χ4n) is 3.76. The van der Waals surface area contributed by atoms with Crippen molar-refractivity contribution in [3.8, 4) is 0 Å². The van der Waals surface area contributed by atoms with Crippen molar-refractivity contribution >= 4 is 28.5 Å². The van der Waals surface area contributed by atoms with Crippen LogP contribution in [-0.2, 0) is 0 Å². The first-order valence-electron chi connectivity index (χ1n) is 9.34. The summed E-state index contributed by atoms with van der Waals surface area (Å²) in [5.74, 6) is 1.30. The maximum atomic E-state index is 14.0. The highest BCUT2D eigenvalue weighted by molar-refractivity contribution is 5.94. The van der Waals surface area contributed by atoms with Crippen molar-refractivity contribution < 1.29 is 9.29 Å². The molecule has 2 aromatic heterocycles. The Morgan fingerprint density at radius 1 is 1.28 bits per heavy atom. The Labute approximate surface area is 166 Å². The monoisotopic (exact) mass is 391 g/mol. The summed E-state index contributed by atoms with van der Waals surface area (Å²) in [4.78, 5) is 23.8. The largest absolute Gasteiger partial charge is 0.360 e. The first-order chi connectivity index (χ1) is 14.1. The van der Waals surface area contributed by atoms with Crippen LogP contribution in [0.1, 0.15) is 12.5 Å². The van der Waals surface area contributed by atoms with E-state index in [1.54, 1.807) is 18.5 Å². The number of hydrogen-bond acceptors (Lipinski definition) is 6. The fraction of sp³-hybridized carbons (Fsp3) is 0.200. The molecule has 3 N–H and O–H groups in total. The number of anilines is 1. The Balaban J connectivity index is 1.58. The number of nitrogens with zero attached hydrogens (tertiary/aromatic N) is 5. The Morgan fingerprint density at radius 2 is 2.17 bits per heavy atom. The minimum absolute atomic E-state index is 0.168. The van der Waals surface area contributed by atoms with Gasteiger partial charge in [-0.2, -0.15) is 4.99 Å². The van der Waals surface area contributed by atoms with E-state index >= 15 is 0 Å². The van der Waals surface area contributed by atoms with Gasteiger partial charge in [0, 0.05) is 24.9 Å². The minimum Gasteiger partial charge on any atom is -0.360 e. The van der Waals surface area contributed by atoms with Gasteiger partial charge in [-0.15, -0.1) is 0 Å². The zero-order valence-electron chi connectivity index (χ0n) is 16.0. The molecule has 0 radical (unpaired) electrons. The SMILES string of the molecule is CC(Nc1ncnc2nc[nH]c12)C1=C(c2cccc(F)c2)[NH+]2CN(C)C=CC2=N1. The summed E-state index contributed by atoms with van der Waals surface area (Å²) in [6.45, 7) is 2.74. The van der Waals surface area contributed by atoms with Crippen LogP contribution in [-0.4, -0.2) is 50.4 Å². The number of quaternary nitrogens is 1. The number of aliphatic imine (C=N–C) groups is 1. The van der Waals surface area contributed by atoms with E-state index in [0.717, 1.165) is 39.9 Å². The molecule has 9 heteroatoms. The lowest BCUT2D eigenvalue weighted by atomic mass is 10.1. The van der Waals surface area contributed by atoms with Crippen molar-refractivity contribution in [3.63, 3.8) is 0 Å². The first-order valence-corrected chi connectivity index (χ1v) is 9.34. The molecule has 2 aliphatic heterocycles. The van der Waals surface area contributed by atoms with Crippen molar-refractivity contribution in [1.82, 2.24) is 24.8 Å². The number of rotatable bonds is 4. The second kappa shape index (κ2) is 6.78. The van der Waals surface area contributed by atoms with E-state index in [-0.39, 0.29) is 11.9 Å². The molecule has 0 aliphatic carbocycles. The molecule has 4 heterocycles. The standard InChI is InChI=1S/C20H19FN8/c1-12(26-20-17-19(23-9-22-17)24-10-25-20)16-18(13-4-3-5-14(21)8-13)29-11-28(2)7-6-15(29)27-16/h3-10,12H,11H2,1-2H3,(H2,22,23,24,25,26)/p+1. The molecule has 0 saturated heterocycles. The number of benzene rings is 1. The minimum atomic E-state index is -0.265. The molecule has 3 aromatic rings. The molecule has 0 saturated carbocycles. The highest BCUT2D eigenvalue weighted by atomic mass is 19.1. The Morgan fingerprint density at radius 3 is 3.03 bits per heavy atom. The molecular formula is C20H20FN8+. The van der Waals surface area contributed by atoms with Crippen LogP contribution in [0.5, 0.6) is 0 Å². The molecule has 0 fully saturated rings. The molecule has 0 amide bonds. The van der Waals surface area contributed by atoms with Crippen LogP contribution in [0.3, 0.4) is 0 Å². The molecule has 2 atom stereocenters. The van der Waals surface area contributed by atoms with Gasteiger partial charge in [0.15, 0.2) is 23.8 Å². The highest BCUT2D eigenvalue weighted by Gasteiger charge is 2.37. The molecule has 146 valence electrons. The molecule has 2 aliphatic rings. The molecule has 5 rings (SSSR count). The third kappa shape index (κ3) is 3.05. The summed E-state index contributed by atoms with van der Waals surface area (Å²) < 4.78 is 14.0. The first kappa shape index (κ1) is 17.5. The predicted molar refractivity (Wildman–Crippen MR) is 108 cm³/mol. The second-order valence-corrected chi connectivity index (χ2v) is 7.17. The van der Waals surface area contributed by atoms with Crippen LogP contribution in [0.25, 0.3) is 16.9 Å². The van der Waals surface area contributed by atoms with Crippen molar-refractivity contribution in [2.45, 2.75) is 13.0 Å². The number of fused-ring (bicyclic) bond motifs is 2. The zero-order chi connectivity index (χ0) is 20.0. The van der Waals surface area contributed by atoms with Crippen LogP contribution in [0.2, 0.25) is 0 Å². The number of hydrogen-bond donors (Lipinski definition) is 3. The molecule has 1 aromatic carbocycles. The molecule has 8 nitrogen and oxygen atoms in total. The van der Waals surface area contributed by atoms with E-state index in [1.165, 1.54) is 12.4 Å². The van der Waals surface area contributed by atoms with Gasteiger partial charge in [0.2, 0.25) is 5.84 Å². The van der Waals surface area contributed by atoms with Crippen LogP contribution in [0.4, 0.5) is 10.2 Å². The van der Waals surface area contributed by atoms with Gasteiger partial charge in [-0.1, -0.05) is 6.07 Å². The summed E-state index contributed by atoms with van der Waals surface area (Å²) in [7, 11) is 2.01. The third-order valence-corrected chi connectivity index (χ3v) is 5.10. The van der Waals surface area contributed by atoms with Gasteiger partial charge in [0.25, 0.3) is 0 Å². The second-order valence-electron chi connectivity index (χ2n) is 7.17. The molecule has 29 heavy (non-hydrogen) atoms. The van der Waals surface area contributed by atoms with E-state index in [4.69, 9.17) is 4.99 Å². The molecule has 0 spiro atoms. The van der Waals surface area contributed by atoms with Crippen LogP contribution < -0.4 is 10.2 Å².